The Labute approximate surface area is 101 Å². The van der Waals surface area contributed by atoms with E-state index < -0.39 is 0 Å². The van der Waals surface area contributed by atoms with Crippen LogP contribution in [0.1, 0.15) is 40.0 Å². The molecule has 2 atom stereocenters. The maximum atomic E-state index is 5.69. The predicted octanol–water partition coefficient (Wildman–Crippen LogP) is 1.88. The molecule has 1 saturated heterocycles. The van der Waals surface area contributed by atoms with Gasteiger partial charge in [0.15, 0.2) is 0 Å². The quantitative estimate of drug-likeness (QED) is 0.686. The van der Waals surface area contributed by atoms with Crippen molar-refractivity contribution >= 4 is 0 Å². The van der Waals surface area contributed by atoms with Crippen molar-refractivity contribution in [3.8, 4) is 0 Å². The van der Waals surface area contributed by atoms with Crippen LogP contribution in [-0.4, -0.2) is 49.8 Å². The normalized spacial score (nSPS) is 22.9. The van der Waals surface area contributed by atoms with Crippen molar-refractivity contribution in [1.29, 1.82) is 0 Å². The molecular weight excluding hydrogens is 200 g/mol. The SMILES string of the molecule is CCCNC(C)CN(CC)CC1CCCO1. The summed E-state index contributed by atoms with van der Waals surface area (Å²) in [5.74, 6) is 0. The molecule has 1 aliphatic heterocycles. The van der Waals surface area contributed by atoms with Crippen LogP contribution >= 0.6 is 0 Å². The summed E-state index contributed by atoms with van der Waals surface area (Å²) in [6.45, 7) is 12.2. The molecule has 0 spiro atoms. The summed E-state index contributed by atoms with van der Waals surface area (Å²) in [5.41, 5.74) is 0. The van der Waals surface area contributed by atoms with E-state index in [0.717, 1.165) is 32.8 Å². The Morgan fingerprint density at radius 3 is 2.81 bits per heavy atom. The summed E-state index contributed by atoms with van der Waals surface area (Å²) >= 11 is 0. The first-order valence-electron chi connectivity index (χ1n) is 6.83. The van der Waals surface area contributed by atoms with E-state index in [0.29, 0.717) is 12.1 Å². The van der Waals surface area contributed by atoms with Crippen LogP contribution in [0.25, 0.3) is 0 Å². The highest BCUT2D eigenvalue weighted by atomic mass is 16.5. The van der Waals surface area contributed by atoms with Gasteiger partial charge in [0.05, 0.1) is 6.10 Å². The summed E-state index contributed by atoms with van der Waals surface area (Å²) in [6, 6.07) is 0.585. The maximum absolute atomic E-state index is 5.69. The Morgan fingerprint density at radius 1 is 1.44 bits per heavy atom. The maximum Gasteiger partial charge on any atom is 0.0702 e. The van der Waals surface area contributed by atoms with Crippen LogP contribution in [0.5, 0.6) is 0 Å². The van der Waals surface area contributed by atoms with E-state index in [9.17, 15) is 0 Å². The molecule has 1 N–H and O–H groups in total. The van der Waals surface area contributed by atoms with Gasteiger partial charge >= 0.3 is 0 Å². The first-order chi connectivity index (χ1) is 7.76. The Balaban J connectivity index is 2.19. The van der Waals surface area contributed by atoms with E-state index in [1.807, 2.05) is 0 Å². The summed E-state index contributed by atoms with van der Waals surface area (Å²) < 4.78 is 5.69. The molecule has 0 aliphatic carbocycles. The zero-order chi connectivity index (χ0) is 11.8. The minimum absolute atomic E-state index is 0.485. The lowest BCUT2D eigenvalue weighted by Gasteiger charge is -2.27. The Hall–Kier alpha value is -0.120. The van der Waals surface area contributed by atoms with Crippen molar-refractivity contribution in [2.45, 2.75) is 52.2 Å². The van der Waals surface area contributed by atoms with Gasteiger partial charge in [-0.1, -0.05) is 13.8 Å². The van der Waals surface area contributed by atoms with E-state index in [-0.39, 0.29) is 0 Å². The van der Waals surface area contributed by atoms with E-state index in [2.05, 4.69) is 31.0 Å². The summed E-state index contributed by atoms with van der Waals surface area (Å²) in [5, 5.41) is 3.54. The molecule has 0 aromatic heterocycles. The van der Waals surface area contributed by atoms with Gasteiger partial charge in [-0.05, 0) is 39.3 Å². The van der Waals surface area contributed by atoms with E-state index in [1.54, 1.807) is 0 Å². The summed E-state index contributed by atoms with van der Waals surface area (Å²) in [6.07, 6.45) is 4.18. The van der Waals surface area contributed by atoms with Crippen molar-refractivity contribution in [2.75, 3.05) is 32.8 Å². The monoisotopic (exact) mass is 228 g/mol. The third kappa shape index (κ3) is 5.28. The highest BCUT2D eigenvalue weighted by molar-refractivity contribution is 4.73. The highest BCUT2D eigenvalue weighted by Gasteiger charge is 2.19. The van der Waals surface area contributed by atoms with Crippen LogP contribution in [0.2, 0.25) is 0 Å². The topological polar surface area (TPSA) is 24.5 Å². The van der Waals surface area contributed by atoms with E-state index in [1.165, 1.54) is 19.3 Å². The average Bonchev–Trinajstić information content (AvgIpc) is 2.78. The summed E-state index contributed by atoms with van der Waals surface area (Å²) in [7, 11) is 0. The number of ether oxygens (including phenoxy) is 1. The number of hydrogen-bond acceptors (Lipinski definition) is 3. The zero-order valence-corrected chi connectivity index (χ0v) is 11.2. The first kappa shape index (κ1) is 13.9. The Bertz CT molecular complexity index is 169. The van der Waals surface area contributed by atoms with Crippen molar-refractivity contribution in [3.63, 3.8) is 0 Å². The zero-order valence-electron chi connectivity index (χ0n) is 11.2. The average molecular weight is 228 g/mol. The first-order valence-corrected chi connectivity index (χ1v) is 6.83. The number of hydrogen-bond donors (Lipinski definition) is 1. The van der Waals surface area contributed by atoms with Crippen molar-refractivity contribution in [3.05, 3.63) is 0 Å². The van der Waals surface area contributed by atoms with Gasteiger partial charge in [-0.3, -0.25) is 4.90 Å². The predicted molar refractivity (Wildman–Crippen MR) is 68.8 cm³/mol. The molecule has 0 aromatic rings. The molecule has 0 bridgehead atoms. The van der Waals surface area contributed by atoms with Gasteiger partial charge in [-0.25, -0.2) is 0 Å². The number of rotatable bonds is 8. The third-order valence-electron chi connectivity index (χ3n) is 3.21. The molecule has 1 rings (SSSR count). The largest absolute Gasteiger partial charge is 0.377 e. The van der Waals surface area contributed by atoms with Crippen molar-refractivity contribution in [1.82, 2.24) is 10.2 Å². The van der Waals surface area contributed by atoms with Crippen LogP contribution in [0, 0.1) is 0 Å². The van der Waals surface area contributed by atoms with Gasteiger partial charge < -0.3 is 10.1 Å². The molecule has 1 fully saturated rings. The number of nitrogens with zero attached hydrogens (tertiary/aromatic N) is 1. The second-order valence-electron chi connectivity index (χ2n) is 4.84. The van der Waals surface area contributed by atoms with Gasteiger partial charge in [0.2, 0.25) is 0 Å². The van der Waals surface area contributed by atoms with Crippen LogP contribution in [0.3, 0.4) is 0 Å². The fraction of sp³-hybridized carbons (Fsp3) is 1.00. The second kappa shape index (κ2) is 8.04. The van der Waals surface area contributed by atoms with Gasteiger partial charge in [-0.2, -0.15) is 0 Å². The Kier molecular flexibility index (Phi) is 7.01. The molecule has 96 valence electrons. The molecule has 3 nitrogen and oxygen atoms in total. The molecule has 0 aromatic carbocycles. The lowest BCUT2D eigenvalue weighted by molar-refractivity contribution is 0.0722. The van der Waals surface area contributed by atoms with Crippen molar-refractivity contribution < 1.29 is 4.74 Å². The lowest BCUT2D eigenvalue weighted by Crippen LogP contribution is -2.42. The highest BCUT2D eigenvalue weighted by Crippen LogP contribution is 2.13. The van der Waals surface area contributed by atoms with Crippen LogP contribution in [-0.2, 0) is 4.74 Å². The van der Waals surface area contributed by atoms with Gasteiger partial charge in [-0.15, -0.1) is 0 Å². The van der Waals surface area contributed by atoms with Gasteiger partial charge in [0.25, 0.3) is 0 Å². The second-order valence-corrected chi connectivity index (χ2v) is 4.84. The molecule has 0 saturated carbocycles. The Morgan fingerprint density at radius 2 is 2.25 bits per heavy atom. The third-order valence-corrected chi connectivity index (χ3v) is 3.21. The molecular formula is C13H28N2O. The number of nitrogens with one attached hydrogen (secondary N) is 1. The van der Waals surface area contributed by atoms with E-state index in [4.69, 9.17) is 4.74 Å². The molecule has 1 heterocycles. The van der Waals surface area contributed by atoms with Crippen LogP contribution in [0.15, 0.2) is 0 Å². The smallest absolute Gasteiger partial charge is 0.0702 e. The standard InChI is InChI=1S/C13H28N2O/c1-4-8-14-12(3)10-15(5-2)11-13-7-6-9-16-13/h12-14H,4-11H2,1-3H3. The minimum Gasteiger partial charge on any atom is -0.377 e. The van der Waals surface area contributed by atoms with Crippen LogP contribution < -0.4 is 5.32 Å². The lowest BCUT2D eigenvalue weighted by atomic mass is 10.2. The fourth-order valence-electron chi connectivity index (χ4n) is 2.25. The molecule has 2 unspecified atom stereocenters. The van der Waals surface area contributed by atoms with Gasteiger partial charge in [0, 0.05) is 25.7 Å². The summed E-state index contributed by atoms with van der Waals surface area (Å²) in [4.78, 5) is 2.50. The van der Waals surface area contributed by atoms with Crippen LogP contribution in [0.4, 0.5) is 0 Å². The van der Waals surface area contributed by atoms with Crippen molar-refractivity contribution in [2.24, 2.45) is 0 Å². The number of likely N-dealkylation sites (N-methyl/N-ethyl adjacent to an activating group) is 1. The van der Waals surface area contributed by atoms with Gasteiger partial charge in [0.1, 0.15) is 0 Å². The molecule has 1 aliphatic rings. The molecule has 3 heteroatoms. The molecule has 0 radical (unpaired) electrons. The molecule has 0 amide bonds. The fourth-order valence-corrected chi connectivity index (χ4v) is 2.25. The minimum atomic E-state index is 0.485. The molecule has 16 heavy (non-hydrogen) atoms. The van der Waals surface area contributed by atoms with E-state index >= 15 is 0 Å².